The van der Waals surface area contributed by atoms with Crippen LogP contribution in [0.1, 0.15) is 0 Å². The van der Waals surface area contributed by atoms with E-state index >= 15 is 0 Å². The monoisotopic (exact) mass is 246 g/mol. The standard InChI is InChI=1S/C12H7ClN2O2/c13-7-1-2-9-8(5-7)10(6-14-9)15-11(16)3-4-12(15)17/h1-6,14H. The minimum absolute atomic E-state index is 0.337. The van der Waals surface area contributed by atoms with E-state index in [0.29, 0.717) is 10.7 Å². The molecule has 17 heavy (non-hydrogen) atoms. The van der Waals surface area contributed by atoms with Gasteiger partial charge in [0.1, 0.15) is 0 Å². The Balaban J connectivity index is 2.21. The van der Waals surface area contributed by atoms with E-state index in [1.54, 1.807) is 24.4 Å². The molecule has 4 nitrogen and oxygen atoms in total. The van der Waals surface area contributed by atoms with Gasteiger partial charge in [0.25, 0.3) is 11.8 Å². The van der Waals surface area contributed by atoms with Gasteiger partial charge in [0.15, 0.2) is 0 Å². The molecule has 0 radical (unpaired) electrons. The molecule has 84 valence electrons. The number of fused-ring (bicyclic) bond motifs is 1. The average molecular weight is 247 g/mol. The van der Waals surface area contributed by atoms with Crippen LogP contribution in [0, 0.1) is 0 Å². The summed E-state index contributed by atoms with van der Waals surface area (Å²) in [7, 11) is 0. The number of rotatable bonds is 1. The second-order valence-corrected chi connectivity index (χ2v) is 4.15. The molecule has 0 unspecified atom stereocenters. The summed E-state index contributed by atoms with van der Waals surface area (Å²) < 4.78 is 0. The van der Waals surface area contributed by atoms with Crippen molar-refractivity contribution in [2.45, 2.75) is 0 Å². The number of anilines is 1. The summed E-state index contributed by atoms with van der Waals surface area (Å²) in [6.45, 7) is 0. The molecule has 1 aliphatic rings. The predicted octanol–water partition coefficient (Wildman–Crippen LogP) is 2.25. The molecule has 3 rings (SSSR count). The van der Waals surface area contributed by atoms with Crippen LogP contribution >= 0.6 is 11.6 Å². The van der Waals surface area contributed by atoms with Crippen LogP contribution in [-0.4, -0.2) is 16.8 Å². The zero-order chi connectivity index (χ0) is 12.0. The van der Waals surface area contributed by atoms with Gasteiger partial charge in [-0.15, -0.1) is 0 Å². The lowest BCUT2D eigenvalue weighted by molar-refractivity contribution is -0.119. The van der Waals surface area contributed by atoms with Crippen LogP contribution in [0.5, 0.6) is 0 Å². The van der Waals surface area contributed by atoms with Crippen molar-refractivity contribution in [2.75, 3.05) is 4.90 Å². The van der Waals surface area contributed by atoms with E-state index in [1.807, 2.05) is 0 Å². The summed E-state index contributed by atoms with van der Waals surface area (Å²) in [6.07, 6.45) is 4.14. The largest absolute Gasteiger partial charge is 0.359 e. The van der Waals surface area contributed by atoms with Crippen LogP contribution < -0.4 is 4.90 Å². The zero-order valence-corrected chi connectivity index (χ0v) is 9.36. The molecule has 1 N–H and O–H groups in total. The number of amides is 2. The Morgan fingerprint density at radius 2 is 1.82 bits per heavy atom. The number of benzene rings is 1. The van der Waals surface area contributed by atoms with Crippen LogP contribution in [0.15, 0.2) is 36.5 Å². The van der Waals surface area contributed by atoms with E-state index in [1.165, 1.54) is 12.2 Å². The van der Waals surface area contributed by atoms with Crippen LogP contribution in [0.2, 0.25) is 5.02 Å². The van der Waals surface area contributed by atoms with E-state index in [-0.39, 0.29) is 11.8 Å². The Hall–Kier alpha value is -2.07. The Morgan fingerprint density at radius 1 is 1.12 bits per heavy atom. The van der Waals surface area contributed by atoms with Gasteiger partial charge in [0, 0.05) is 34.3 Å². The summed E-state index contributed by atoms with van der Waals surface area (Å²) in [5.41, 5.74) is 1.36. The number of hydrogen-bond donors (Lipinski definition) is 1. The molecule has 0 aliphatic carbocycles. The third-order valence-electron chi connectivity index (χ3n) is 2.67. The molecule has 1 aromatic heterocycles. The van der Waals surface area contributed by atoms with Crippen LogP contribution in [0.4, 0.5) is 5.69 Å². The van der Waals surface area contributed by atoms with Gasteiger partial charge >= 0.3 is 0 Å². The fourth-order valence-corrected chi connectivity index (χ4v) is 2.07. The predicted molar refractivity (Wildman–Crippen MR) is 64.9 cm³/mol. The average Bonchev–Trinajstić information content (AvgIpc) is 2.83. The Bertz CT molecular complexity index is 654. The number of carbonyl (C=O) groups is 2. The van der Waals surface area contributed by atoms with E-state index in [9.17, 15) is 9.59 Å². The summed E-state index contributed by atoms with van der Waals surface area (Å²) in [5.74, 6) is -0.674. The van der Waals surface area contributed by atoms with E-state index < -0.39 is 0 Å². The van der Waals surface area contributed by atoms with Gasteiger partial charge in [-0.1, -0.05) is 11.6 Å². The highest BCUT2D eigenvalue weighted by molar-refractivity contribution is 6.33. The maximum atomic E-state index is 11.6. The van der Waals surface area contributed by atoms with Gasteiger partial charge in [0.2, 0.25) is 0 Å². The van der Waals surface area contributed by atoms with Gasteiger partial charge in [0.05, 0.1) is 5.69 Å². The molecule has 2 heterocycles. The number of aromatic nitrogens is 1. The van der Waals surface area contributed by atoms with E-state index in [4.69, 9.17) is 11.6 Å². The van der Waals surface area contributed by atoms with Crippen LogP contribution in [0.25, 0.3) is 10.9 Å². The van der Waals surface area contributed by atoms with Gasteiger partial charge in [-0.3, -0.25) is 9.59 Å². The molecule has 0 saturated heterocycles. The lowest BCUT2D eigenvalue weighted by Gasteiger charge is -2.12. The topological polar surface area (TPSA) is 53.2 Å². The van der Waals surface area contributed by atoms with E-state index in [2.05, 4.69) is 4.98 Å². The zero-order valence-electron chi connectivity index (χ0n) is 8.61. The Kier molecular flexibility index (Phi) is 2.06. The third-order valence-corrected chi connectivity index (χ3v) is 2.91. The van der Waals surface area contributed by atoms with Crippen molar-refractivity contribution in [3.63, 3.8) is 0 Å². The van der Waals surface area contributed by atoms with Gasteiger partial charge < -0.3 is 4.98 Å². The molecule has 0 fully saturated rings. The molecule has 0 saturated carbocycles. The molecule has 0 atom stereocenters. The normalized spacial score (nSPS) is 15.2. The van der Waals surface area contributed by atoms with Gasteiger partial charge in [-0.05, 0) is 18.2 Å². The third kappa shape index (κ3) is 1.45. The first-order valence-electron chi connectivity index (χ1n) is 4.99. The minimum Gasteiger partial charge on any atom is -0.359 e. The molecule has 0 bridgehead atoms. The van der Waals surface area contributed by atoms with Crippen molar-refractivity contribution in [3.05, 3.63) is 41.6 Å². The molecule has 2 aromatic rings. The summed E-state index contributed by atoms with van der Waals surface area (Å²) in [5, 5.41) is 1.31. The molecule has 0 spiro atoms. The molecule has 1 aliphatic heterocycles. The lowest BCUT2D eigenvalue weighted by Crippen LogP contribution is -2.29. The van der Waals surface area contributed by atoms with Gasteiger partial charge in [-0.25, -0.2) is 4.90 Å². The fourth-order valence-electron chi connectivity index (χ4n) is 1.90. The molecular formula is C12H7ClN2O2. The number of halogens is 1. The summed E-state index contributed by atoms with van der Waals surface area (Å²) >= 11 is 5.91. The maximum absolute atomic E-state index is 11.6. The number of imide groups is 1. The highest BCUT2D eigenvalue weighted by Crippen LogP contribution is 2.30. The summed E-state index contributed by atoms with van der Waals surface area (Å²) in [4.78, 5) is 27.3. The number of hydrogen-bond acceptors (Lipinski definition) is 2. The molecule has 5 heteroatoms. The number of H-pyrrole nitrogens is 1. The van der Waals surface area contributed by atoms with Crippen LogP contribution in [0.3, 0.4) is 0 Å². The smallest absolute Gasteiger partial charge is 0.258 e. The first-order chi connectivity index (χ1) is 8.16. The minimum atomic E-state index is -0.337. The first-order valence-corrected chi connectivity index (χ1v) is 5.37. The molecule has 2 amide bonds. The van der Waals surface area contributed by atoms with E-state index in [0.717, 1.165) is 15.8 Å². The van der Waals surface area contributed by atoms with Crippen molar-refractivity contribution < 1.29 is 9.59 Å². The summed E-state index contributed by atoms with van der Waals surface area (Å²) in [6, 6.07) is 5.28. The second-order valence-electron chi connectivity index (χ2n) is 3.71. The van der Waals surface area contributed by atoms with Crippen molar-refractivity contribution in [2.24, 2.45) is 0 Å². The first kappa shape index (κ1) is 10.1. The second kappa shape index (κ2) is 3.46. The van der Waals surface area contributed by atoms with Crippen molar-refractivity contribution >= 4 is 40.0 Å². The number of aromatic amines is 1. The SMILES string of the molecule is O=C1C=CC(=O)N1c1c[nH]c2ccc(Cl)cc12. The number of nitrogens with zero attached hydrogens (tertiary/aromatic N) is 1. The quantitative estimate of drug-likeness (QED) is 0.785. The fraction of sp³-hybridized carbons (Fsp3) is 0. The number of nitrogens with one attached hydrogen (secondary N) is 1. The Labute approximate surface area is 101 Å². The van der Waals surface area contributed by atoms with Crippen molar-refractivity contribution in [3.8, 4) is 0 Å². The van der Waals surface area contributed by atoms with Crippen molar-refractivity contribution in [1.82, 2.24) is 4.98 Å². The number of carbonyl (C=O) groups excluding carboxylic acids is 2. The highest BCUT2D eigenvalue weighted by Gasteiger charge is 2.27. The van der Waals surface area contributed by atoms with Crippen molar-refractivity contribution in [1.29, 1.82) is 0 Å². The lowest BCUT2D eigenvalue weighted by atomic mass is 10.2. The maximum Gasteiger partial charge on any atom is 0.258 e. The Morgan fingerprint density at radius 3 is 2.53 bits per heavy atom. The molecule has 1 aromatic carbocycles. The van der Waals surface area contributed by atoms with Gasteiger partial charge in [-0.2, -0.15) is 0 Å². The van der Waals surface area contributed by atoms with Crippen LogP contribution in [-0.2, 0) is 9.59 Å². The highest BCUT2D eigenvalue weighted by atomic mass is 35.5. The molecular weight excluding hydrogens is 240 g/mol.